The fraction of sp³-hybridized carbons (Fsp3) is 0.0455. The van der Waals surface area contributed by atoms with Crippen LogP contribution in [0.3, 0.4) is 0 Å². The van der Waals surface area contributed by atoms with Crippen molar-refractivity contribution in [2.24, 2.45) is 0 Å². The second-order valence-corrected chi connectivity index (χ2v) is 12.6. The topological polar surface area (TPSA) is 0 Å². The largest absolute Gasteiger partial charge is 0.0715 e. The lowest BCUT2D eigenvalue weighted by atomic mass is 9.79. The maximum Gasteiger partial charge on any atom is -0.000729 e. The Morgan fingerprint density at radius 3 is 1.23 bits per heavy atom. The summed E-state index contributed by atoms with van der Waals surface area (Å²) >= 11 is 0. The predicted molar refractivity (Wildman–Crippen MR) is 185 cm³/mol. The van der Waals surface area contributed by atoms with Gasteiger partial charge >= 0.3 is 0 Å². The van der Waals surface area contributed by atoms with Crippen LogP contribution in [0.25, 0.3) is 77.2 Å². The fourth-order valence-corrected chi connectivity index (χ4v) is 8.92. The van der Waals surface area contributed by atoms with Crippen LogP contribution in [0.1, 0.15) is 33.4 Å². The Morgan fingerprint density at radius 1 is 0.318 bits per heavy atom. The molecule has 0 atom stereocenters. The van der Waals surface area contributed by atoms with E-state index in [1.54, 1.807) is 0 Å². The first-order valence-electron chi connectivity index (χ1n) is 15.7. The number of fused-ring (bicyclic) bond motifs is 6. The van der Waals surface area contributed by atoms with Gasteiger partial charge in [-0.3, -0.25) is 0 Å². The summed E-state index contributed by atoms with van der Waals surface area (Å²) in [5.74, 6) is 0. The molecule has 11 rings (SSSR count). The van der Waals surface area contributed by atoms with Gasteiger partial charge in [0.05, 0.1) is 0 Å². The van der Waals surface area contributed by atoms with Crippen molar-refractivity contribution in [1.82, 2.24) is 0 Å². The highest BCUT2D eigenvalue weighted by molar-refractivity contribution is 6.26. The quantitative estimate of drug-likeness (QED) is 0.199. The molecule has 44 heavy (non-hydrogen) atoms. The number of benzene rings is 7. The second-order valence-electron chi connectivity index (χ2n) is 12.6. The molecule has 0 amide bonds. The smallest absolute Gasteiger partial charge is 0.000729 e. The Bertz CT molecular complexity index is 2330. The van der Waals surface area contributed by atoms with E-state index in [0.717, 1.165) is 12.8 Å². The first-order valence-corrected chi connectivity index (χ1v) is 15.7. The molecule has 0 heteroatoms. The van der Waals surface area contributed by atoms with E-state index in [9.17, 15) is 0 Å². The van der Waals surface area contributed by atoms with E-state index in [0.29, 0.717) is 0 Å². The molecule has 0 aromatic heterocycles. The van der Waals surface area contributed by atoms with Crippen molar-refractivity contribution in [3.05, 3.63) is 167 Å². The lowest BCUT2D eigenvalue weighted by Gasteiger charge is -2.23. The summed E-state index contributed by atoms with van der Waals surface area (Å²) in [4.78, 5) is 0. The van der Waals surface area contributed by atoms with Gasteiger partial charge in [0, 0.05) is 0 Å². The third-order valence-electron chi connectivity index (χ3n) is 10.6. The molecule has 4 aliphatic carbocycles. The minimum absolute atomic E-state index is 0.963. The average Bonchev–Trinajstić information content (AvgIpc) is 3.61. The lowest BCUT2D eigenvalue weighted by Crippen LogP contribution is -2.00. The predicted octanol–water partition coefficient (Wildman–Crippen LogP) is 11.3. The normalized spacial score (nSPS) is 14.5. The standard InChI is InChI=1S/C44H26/c1-3-9-25(10-4-1)37-41-31-21-17-27-13-7-15-29-19-23-33(39(31)35(27)29)43(41)38(26-11-5-2-6-12-26)44-34-24-20-30-16-8-14-28-18-22-32(42(37)44)40(34)36(28)30/h1-17,20-24H,18-19H2. The molecule has 0 heterocycles. The van der Waals surface area contributed by atoms with Gasteiger partial charge in [-0.25, -0.2) is 0 Å². The van der Waals surface area contributed by atoms with Crippen LogP contribution in [0, 0.1) is 0 Å². The summed E-state index contributed by atoms with van der Waals surface area (Å²) < 4.78 is 0. The van der Waals surface area contributed by atoms with Gasteiger partial charge in [0.2, 0.25) is 0 Å². The molecular formula is C44H26. The van der Waals surface area contributed by atoms with Crippen molar-refractivity contribution >= 4 is 32.7 Å². The Hall–Kier alpha value is -5.46. The molecule has 0 saturated heterocycles. The molecule has 0 nitrogen and oxygen atoms in total. The van der Waals surface area contributed by atoms with Gasteiger partial charge in [-0.2, -0.15) is 0 Å². The van der Waals surface area contributed by atoms with Crippen molar-refractivity contribution in [2.45, 2.75) is 12.8 Å². The van der Waals surface area contributed by atoms with Gasteiger partial charge in [0.15, 0.2) is 0 Å². The van der Waals surface area contributed by atoms with Crippen LogP contribution in [0.4, 0.5) is 0 Å². The molecule has 4 aliphatic rings. The SMILES string of the molecule is C1=C2c3c(-c4ccccc4)c4c(c(-c5ccccc5)c3-c3ccc5cccc(c5c32)C1)C1=CCc2cccc3ccc-4c1c23. The summed E-state index contributed by atoms with van der Waals surface area (Å²) in [5.41, 5.74) is 22.3. The van der Waals surface area contributed by atoms with Crippen LogP contribution in [0.15, 0.2) is 133 Å². The highest BCUT2D eigenvalue weighted by Gasteiger charge is 2.41. The molecule has 7 aromatic carbocycles. The zero-order valence-corrected chi connectivity index (χ0v) is 24.1. The Morgan fingerprint density at radius 2 is 0.773 bits per heavy atom. The van der Waals surface area contributed by atoms with E-state index in [4.69, 9.17) is 0 Å². The van der Waals surface area contributed by atoms with Crippen molar-refractivity contribution in [3.63, 3.8) is 0 Å². The van der Waals surface area contributed by atoms with E-state index in [2.05, 4.69) is 133 Å². The van der Waals surface area contributed by atoms with Crippen LogP contribution in [0.2, 0.25) is 0 Å². The molecule has 0 spiro atoms. The summed E-state index contributed by atoms with van der Waals surface area (Å²) in [6, 6.07) is 45.5. The number of allylic oxidation sites excluding steroid dienone is 2. The Labute approximate surface area is 256 Å². The molecule has 0 fully saturated rings. The zero-order chi connectivity index (χ0) is 28.5. The molecule has 0 saturated carbocycles. The van der Waals surface area contributed by atoms with Crippen molar-refractivity contribution in [3.8, 4) is 44.5 Å². The molecule has 202 valence electrons. The first-order chi connectivity index (χ1) is 21.9. The van der Waals surface area contributed by atoms with Gasteiger partial charge in [0.25, 0.3) is 0 Å². The molecule has 0 N–H and O–H groups in total. The van der Waals surface area contributed by atoms with Crippen molar-refractivity contribution in [2.75, 3.05) is 0 Å². The number of hydrogen-bond acceptors (Lipinski definition) is 0. The lowest BCUT2D eigenvalue weighted by molar-refractivity contribution is 1.28. The molecule has 0 unspecified atom stereocenters. The maximum absolute atomic E-state index is 2.52. The average molecular weight is 555 g/mol. The van der Waals surface area contributed by atoms with Gasteiger partial charge in [0.1, 0.15) is 0 Å². The van der Waals surface area contributed by atoms with Crippen molar-refractivity contribution in [1.29, 1.82) is 0 Å². The van der Waals surface area contributed by atoms with E-state index >= 15 is 0 Å². The number of rotatable bonds is 2. The van der Waals surface area contributed by atoms with Crippen LogP contribution >= 0.6 is 0 Å². The Kier molecular flexibility index (Phi) is 4.26. The monoisotopic (exact) mass is 554 g/mol. The first kappa shape index (κ1) is 23.1. The van der Waals surface area contributed by atoms with Gasteiger partial charge < -0.3 is 0 Å². The summed E-state index contributed by atoms with van der Waals surface area (Å²) in [7, 11) is 0. The molecule has 0 aliphatic heterocycles. The molecular weight excluding hydrogens is 528 g/mol. The Balaban J connectivity index is 1.40. The maximum atomic E-state index is 2.52. The van der Waals surface area contributed by atoms with E-state index in [-0.39, 0.29) is 0 Å². The number of hydrogen-bond donors (Lipinski definition) is 0. The second kappa shape index (κ2) is 8.13. The van der Waals surface area contributed by atoms with Crippen LogP contribution in [0.5, 0.6) is 0 Å². The van der Waals surface area contributed by atoms with Gasteiger partial charge in [-0.05, 0) is 123 Å². The third-order valence-corrected chi connectivity index (χ3v) is 10.6. The minimum Gasteiger partial charge on any atom is -0.0715 e. The van der Waals surface area contributed by atoms with E-state index < -0.39 is 0 Å². The summed E-state index contributed by atoms with van der Waals surface area (Å²) in [6.45, 7) is 0. The van der Waals surface area contributed by atoms with Crippen LogP contribution < -0.4 is 0 Å². The minimum atomic E-state index is 0.963. The molecule has 7 aromatic rings. The highest BCUT2D eigenvalue weighted by Crippen LogP contribution is 2.64. The fourth-order valence-electron chi connectivity index (χ4n) is 8.92. The van der Waals surface area contributed by atoms with Gasteiger partial charge in [-0.1, -0.05) is 133 Å². The third kappa shape index (κ3) is 2.71. The summed E-state index contributed by atoms with van der Waals surface area (Å²) in [5, 5.41) is 5.55. The van der Waals surface area contributed by atoms with Gasteiger partial charge in [-0.15, -0.1) is 0 Å². The summed E-state index contributed by atoms with van der Waals surface area (Å²) in [6.07, 6.45) is 6.96. The van der Waals surface area contributed by atoms with Crippen LogP contribution in [-0.4, -0.2) is 0 Å². The highest BCUT2D eigenvalue weighted by atomic mass is 14.4. The zero-order valence-electron chi connectivity index (χ0n) is 24.1. The van der Waals surface area contributed by atoms with Crippen molar-refractivity contribution < 1.29 is 0 Å². The molecule has 0 bridgehead atoms. The van der Waals surface area contributed by atoms with Crippen LogP contribution in [-0.2, 0) is 12.8 Å². The van der Waals surface area contributed by atoms with E-state index in [1.165, 1.54) is 111 Å². The molecule has 0 radical (unpaired) electrons. The van der Waals surface area contributed by atoms with E-state index in [1.807, 2.05) is 0 Å².